The summed E-state index contributed by atoms with van der Waals surface area (Å²) in [5.41, 5.74) is 0.954. The molecule has 4 rings (SSSR count). The number of amides is 1. The quantitative estimate of drug-likeness (QED) is 0.679. The lowest BCUT2D eigenvalue weighted by atomic mass is 10.2. The van der Waals surface area contributed by atoms with Gasteiger partial charge in [-0.25, -0.2) is 8.42 Å². The van der Waals surface area contributed by atoms with Crippen molar-refractivity contribution in [2.24, 2.45) is 0 Å². The maximum Gasteiger partial charge on any atom is 0.267 e. The van der Waals surface area contributed by atoms with Crippen molar-refractivity contribution in [1.82, 2.24) is 0 Å². The Balaban J connectivity index is 1.63. The predicted octanol–water partition coefficient (Wildman–Crippen LogP) is 3.29. The smallest absolute Gasteiger partial charge is 0.267 e. The van der Waals surface area contributed by atoms with Crippen molar-refractivity contribution in [2.45, 2.75) is 11.0 Å². The van der Waals surface area contributed by atoms with Crippen LogP contribution in [-0.2, 0) is 14.8 Å². The van der Waals surface area contributed by atoms with Gasteiger partial charge in [0.25, 0.3) is 15.9 Å². The summed E-state index contributed by atoms with van der Waals surface area (Å²) in [6, 6.07) is 21.7. The number of rotatable bonds is 5. The van der Waals surface area contributed by atoms with Crippen molar-refractivity contribution in [3.8, 4) is 11.5 Å². The maximum atomic E-state index is 13.3. The lowest BCUT2D eigenvalue weighted by molar-refractivity contribution is -0.122. The van der Waals surface area contributed by atoms with Crippen molar-refractivity contribution in [1.29, 1.82) is 0 Å². The first kappa shape index (κ1) is 19.8. The van der Waals surface area contributed by atoms with E-state index in [4.69, 9.17) is 9.47 Å². The second kappa shape index (κ2) is 8.08. The highest BCUT2D eigenvalue weighted by Gasteiger charge is 2.37. The highest BCUT2D eigenvalue weighted by Crippen LogP contribution is 2.37. The molecule has 0 bridgehead atoms. The molecule has 0 spiro atoms. The normalized spacial score (nSPS) is 15.6. The summed E-state index contributed by atoms with van der Waals surface area (Å²) < 4.78 is 38.7. The second-order valence-electron chi connectivity index (χ2n) is 6.64. The van der Waals surface area contributed by atoms with Crippen molar-refractivity contribution in [3.63, 3.8) is 0 Å². The van der Waals surface area contributed by atoms with E-state index in [-0.39, 0.29) is 11.4 Å². The van der Waals surface area contributed by atoms with Crippen LogP contribution in [-0.4, -0.2) is 34.1 Å². The average molecular weight is 424 g/mol. The third kappa shape index (κ3) is 3.81. The number of hydrogen-bond donors (Lipinski definition) is 1. The Morgan fingerprint density at radius 3 is 2.37 bits per heavy atom. The Bertz CT molecular complexity index is 1150. The minimum absolute atomic E-state index is 0.143. The summed E-state index contributed by atoms with van der Waals surface area (Å²) in [6.45, 7) is -0.143. The van der Waals surface area contributed by atoms with Crippen LogP contribution in [0.25, 0.3) is 0 Å². The molecule has 0 fully saturated rings. The van der Waals surface area contributed by atoms with Gasteiger partial charge in [-0.2, -0.15) is 0 Å². The molecule has 154 valence electrons. The number of carbonyl (C=O) groups is 1. The van der Waals surface area contributed by atoms with Gasteiger partial charge in [-0.1, -0.05) is 30.3 Å². The van der Waals surface area contributed by atoms with Gasteiger partial charge in [0.15, 0.2) is 6.10 Å². The van der Waals surface area contributed by atoms with Crippen LogP contribution in [0.3, 0.4) is 0 Å². The van der Waals surface area contributed by atoms with E-state index in [9.17, 15) is 13.2 Å². The molecular formula is C22H20N2O5S. The van der Waals surface area contributed by atoms with E-state index in [1.165, 1.54) is 16.4 Å². The van der Waals surface area contributed by atoms with Crippen LogP contribution < -0.4 is 19.1 Å². The van der Waals surface area contributed by atoms with Gasteiger partial charge in [0.1, 0.15) is 11.5 Å². The average Bonchev–Trinajstić information content (AvgIpc) is 2.79. The number of nitrogens with one attached hydrogen (secondary N) is 1. The van der Waals surface area contributed by atoms with Gasteiger partial charge < -0.3 is 14.8 Å². The Morgan fingerprint density at radius 2 is 1.67 bits per heavy atom. The first-order valence-corrected chi connectivity index (χ1v) is 10.7. The van der Waals surface area contributed by atoms with E-state index < -0.39 is 22.0 Å². The number of para-hydroxylation sites is 2. The molecule has 3 aromatic carbocycles. The lowest BCUT2D eigenvalue weighted by Crippen LogP contribution is -2.48. The molecule has 1 aliphatic rings. The lowest BCUT2D eigenvalue weighted by Gasteiger charge is -2.34. The number of carbonyl (C=O) groups excluding carboxylic acids is 1. The van der Waals surface area contributed by atoms with Crippen LogP contribution in [0, 0.1) is 0 Å². The number of ether oxygens (including phenoxy) is 2. The fraction of sp³-hybridized carbons (Fsp3) is 0.136. The minimum Gasteiger partial charge on any atom is -0.497 e. The molecular weight excluding hydrogens is 404 g/mol. The number of methoxy groups -OCH3 is 1. The summed E-state index contributed by atoms with van der Waals surface area (Å²) in [5.74, 6) is 0.553. The Kier molecular flexibility index (Phi) is 5.33. The monoisotopic (exact) mass is 424 g/mol. The van der Waals surface area contributed by atoms with Gasteiger partial charge >= 0.3 is 0 Å². The van der Waals surface area contributed by atoms with Crippen molar-refractivity contribution in [3.05, 3.63) is 78.9 Å². The van der Waals surface area contributed by atoms with Crippen molar-refractivity contribution < 1.29 is 22.7 Å². The van der Waals surface area contributed by atoms with E-state index in [2.05, 4.69) is 5.32 Å². The molecule has 30 heavy (non-hydrogen) atoms. The molecule has 0 aromatic heterocycles. The fourth-order valence-electron chi connectivity index (χ4n) is 3.18. The summed E-state index contributed by atoms with van der Waals surface area (Å²) in [5, 5.41) is 2.76. The standard InChI is InChI=1S/C22H20N2O5S/c1-28-17-13-11-16(12-14-17)23-22(25)21-15-24(19-9-5-6-10-20(19)29-21)30(26,27)18-7-3-2-4-8-18/h2-14,21H,15H2,1H3,(H,23,25)/t21-/m1/s1. The van der Waals surface area contributed by atoms with Gasteiger partial charge in [-0.15, -0.1) is 0 Å². The van der Waals surface area contributed by atoms with Gasteiger partial charge in [0.2, 0.25) is 0 Å². The van der Waals surface area contributed by atoms with Gasteiger partial charge in [-0.05, 0) is 48.5 Å². The van der Waals surface area contributed by atoms with E-state index in [0.717, 1.165) is 0 Å². The van der Waals surface area contributed by atoms with E-state index in [1.54, 1.807) is 73.8 Å². The van der Waals surface area contributed by atoms with Gasteiger partial charge in [0.05, 0.1) is 24.2 Å². The van der Waals surface area contributed by atoms with Crippen LogP contribution in [0.1, 0.15) is 0 Å². The third-order valence-corrected chi connectivity index (χ3v) is 6.51. The molecule has 7 nitrogen and oxygen atoms in total. The molecule has 0 unspecified atom stereocenters. The SMILES string of the molecule is COc1ccc(NC(=O)[C@H]2CN(S(=O)(=O)c3ccccc3)c3ccccc3O2)cc1. The van der Waals surface area contributed by atoms with Crippen LogP contribution >= 0.6 is 0 Å². The number of sulfonamides is 1. The Hall–Kier alpha value is -3.52. The van der Waals surface area contributed by atoms with E-state index >= 15 is 0 Å². The summed E-state index contributed by atoms with van der Waals surface area (Å²) >= 11 is 0. The summed E-state index contributed by atoms with van der Waals surface area (Å²) in [7, 11) is -2.31. The molecule has 1 N–H and O–H groups in total. The van der Waals surface area contributed by atoms with E-state index in [1.807, 2.05) is 0 Å². The largest absolute Gasteiger partial charge is 0.497 e. The van der Waals surface area contributed by atoms with Crippen molar-refractivity contribution in [2.75, 3.05) is 23.3 Å². The molecule has 0 aliphatic carbocycles. The van der Waals surface area contributed by atoms with Gasteiger partial charge in [-0.3, -0.25) is 9.10 Å². The van der Waals surface area contributed by atoms with Crippen molar-refractivity contribution >= 4 is 27.3 Å². The highest BCUT2D eigenvalue weighted by atomic mass is 32.2. The van der Waals surface area contributed by atoms with Crippen LogP contribution in [0.2, 0.25) is 0 Å². The van der Waals surface area contributed by atoms with Crippen LogP contribution in [0.4, 0.5) is 11.4 Å². The number of benzene rings is 3. The molecule has 3 aromatic rings. The molecule has 1 atom stereocenters. The van der Waals surface area contributed by atoms with E-state index in [0.29, 0.717) is 22.9 Å². The molecule has 0 saturated heterocycles. The summed E-state index contributed by atoms with van der Waals surface area (Å²) in [6.07, 6.45) is -1.01. The molecule has 8 heteroatoms. The number of hydrogen-bond acceptors (Lipinski definition) is 5. The molecule has 1 heterocycles. The third-order valence-electron chi connectivity index (χ3n) is 4.72. The van der Waals surface area contributed by atoms with Gasteiger partial charge in [0, 0.05) is 5.69 Å². The summed E-state index contributed by atoms with van der Waals surface area (Å²) in [4.78, 5) is 13.0. The zero-order valence-corrected chi connectivity index (χ0v) is 17.0. The predicted molar refractivity (Wildman–Crippen MR) is 113 cm³/mol. The topological polar surface area (TPSA) is 84.9 Å². The first-order valence-electron chi connectivity index (χ1n) is 9.27. The molecule has 1 aliphatic heterocycles. The molecule has 1 amide bonds. The minimum atomic E-state index is -3.87. The maximum absolute atomic E-state index is 13.3. The second-order valence-corrected chi connectivity index (χ2v) is 8.50. The number of nitrogens with zero attached hydrogens (tertiary/aromatic N) is 1. The Labute approximate surface area is 174 Å². The van der Waals surface area contributed by atoms with Crippen LogP contribution in [0.5, 0.6) is 11.5 Å². The molecule has 0 radical (unpaired) electrons. The molecule has 0 saturated carbocycles. The number of fused-ring (bicyclic) bond motifs is 1. The van der Waals surface area contributed by atoms with Crippen LogP contribution in [0.15, 0.2) is 83.8 Å². The first-order chi connectivity index (χ1) is 14.5. The fourth-order valence-corrected chi connectivity index (χ4v) is 4.68. The highest BCUT2D eigenvalue weighted by molar-refractivity contribution is 7.92. The Morgan fingerprint density at radius 1 is 1.00 bits per heavy atom. The zero-order chi connectivity index (χ0) is 21.1. The zero-order valence-electron chi connectivity index (χ0n) is 16.2. The number of anilines is 2.